The number of nitrogens with zero attached hydrogens (tertiary/aromatic N) is 1. The molecule has 0 fully saturated rings. The van der Waals surface area contributed by atoms with Crippen LogP contribution in [0.1, 0.15) is 44.5 Å². The molecule has 0 spiro atoms. The first-order valence-corrected chi connectivity index (χ1v) is 7.29. The number of aryl methyl sites for hydroxylation is 1. The summed E-state index contributed by atoms with van der Waals surface area (Å²) in [5.74, 6) is 0. The smallest absolute Gasteiger partial charge is 0.0968 e. The molecular weight excluding hydrogens is 246 g/mol. The molecule has 1 aromatic heterocycles. The molecule has 1 aromatic carbocycles. The highest BCUT2D eigenvalue weighted by molar-refractivity contribution is 5.64. The standard InChI is InChI=1S/C17H25N3/c1-6-18-11-15-12(2)19-20-16(15)13-7-9-14(10-8-13)17(3,4)5/h7-10,18H,6,11H2,1-5H3,(H,19,20). The van der Waals surface area contributed by atoms with Gasteiger partial charge in [-0.25, -0.2) is 0 Å². The molecule has 3 heteroatoms. The predicted octanol–water partition coefficient (Wildman–Crippen LogP) is 3.79. The van der Waals surface area contributed by atoms with Crippen molar-refractivity contribution in [3.63, 3.8) is 0 Å². The maximum absolute atomic E-state index is 4.47. The first kappa shape index (κ1) is 14.8. The van der Waals surface area contributed by atoms with Crippen LogP contribution in [0, 0.1) is 6.92 Å². The molecule has 0 atom stereocenters. The summed E-state index contributed by atoms with van der Waals surface area (Å²) in [6.07, 6.45) is 0. The average molecular weight is 271 g/mol. The Kier molecular flexibility index (Phi) is 4.29. The zero-order valence-electron chi connectivity index (χ0n) is 13.2. The normalized spacial score (nSPS) is 11.8. The molecule has 0 unspecified atom stereocenters. The second-order valence-electron chi connectivity index (χ2n) is 6.28. The molecule has 0 saturated heterocycles. The Labute approximate surface area is 121 Å². The van der Waals surface area contributed by atoms with Crippen molar-refractivity contribution in [2.75, 3.05) is 6.54 Å². The lowest BCUT2D eigenvalue weighted by Crippen LogP contribution is -2.13. The summed E-state index contributed by atoms with van der Waals surface area (Å²) in [7, 11) is 0. The van der Waals surface area contributed by atoms with Gasteiger partial charge in [0.2, 0.25) is 0 Å². The first-order valence-electron chi connectivity index (χ1n) is 7.29. The third-order valence-corrected chi connectivity index (χ3v) is 3.65. The summed E-state index contributed by atoms with van der Waals surface area (Å²) in [4.78, 5) is 0. The van der Waals surface area contributed by atoms with Gasteiger partial charge in [0, 0.05) is 23.4 Å². The van der Waals surface area contributed by atoms with E-state index < -0.39 is 0 Å². The zero-order valence-corrected chi connectivity index (χ0v) is 13.2. The van der Waals surface area contributed by atoms with Gasteiger partial charge in [-0.2, -0.15) is 5.10 Å². The van der Waals surface area contributed by atoms with E-state index in [-0.39, 0.29) is 5.41 Å². The number of rotatable bonds is 4. The van der Waals surface area contributed by atoms with Gasteiger partial charge in [0.15, 0.2) is 0 Å². The number of aromatic nitrogens is 2. The van der Waals surface area contributed by atoms with Crippen molar-refractivity contribution in [3.05, 3.63) is 41.1 Å². The van der Waals surface area contributed by atoms with E-state index in [1.807, 2.05) is 0 Å². The van der Waals surface area contributed by atoms with Crippen LogP contribution in [0.3, 0.4) is 0 Å². The monoisotopic (exact) mass is 271 g/mol. The Hall–Kier alpha value is -1.61. The molecule has 20 heavy (non-hydrogen) atoms. The predicted molar refractivity (Wildman–Crippen MR) is 84.8 cm³/mol. The first-order chi connectivity index (χ1) is 9.43. The molecule has 0 amide bonds. The molecule has 2 rings (SSSR count). The average Bonchev–Trinajstić information content (AvgIpc) is 2.77. The second kappa shape index (κ2) is 5.80. The van der Waals surface area contributed by atoms with Crippen molar-refractivity contribution in [1.29, 1.82) is 0 Å². The van der Waals surface area contributed by atoms with Gasteiger partial charge in [0.1, 0.15) is 0 Å². The fourth-order valence-electron chi connectivity index (χ4n) is 2.29. The lowest BCUT2D eigenvalue weighted by molar-refractivity contribution is 0.590. The molecule has 3 nitrogen and oxygen atoms in total. The SMILES string of the molecule is CCNCc1c(-c2ccc(C(C)(C)C)cc2)n[nH]c1C. The third kappa shape index (κ3) is 3.10. The van der Waals surface area contributed by atoms with Gasteiger partial charge in [-0.3, -0.25) is 5.10 Å². The molecule has 0 aliphatic rings. The molecule has 0 saturated carbocycles. The van der Waals surface area contributed by atoms with Crippen LogP contribution < -0.4 is 5.32 Å². The number of benzene rings is 1. The lowest BCUT2D eigenvalue weighted by atomic mass is 9.86. The second-order valence-corrected chi connectivity index (χ2v) is 6.28. The van der Waals surface area contributed by atoms with E-state index in [0.29, 0.717) is 0 Å². The molecule has 0 radical (unpaired) electrons. The zero-order chi connectivity index (χ0) is 14.8. The highest BCUT2D eigenvalue weighted by Gasteiger charge is 2.15. The van der Waals surface area contributed by atoms with Gasteiger partial charge in [-0.05, 0) is 24.4 Å². The molecular formula is C17H25N3. The minimum atomic E-state index is 0.187. The Morgan fingerprint density at radius 2 is 1.80 bits per heavy atom. The van der Waals surface area contributed by atoms with E-state index in [4.69, 9.17) is 0 Å². The van der Waals surface area contributed by atoms with Crippen LogP contribution in [-0.4, -0.2) is 16.7 Å². The van der Waals surface area contributed by atoms with Crippen molar-refractivity contribution in [3.8, 4) is 11.3 Å². The van der Waals surface area contributed by atoms with E-state index in [2.05, 4.69) is 74.4 Å². The van der Waals surface area contributed by atoms with E-state index in [9.17, 15) is 0 Å². The maximum atomic E-state index is 4.47. The molecule has 2 aromatic rings. The van der Waals surface area contributed by atoms with Gasteiger partial charge in [0.05, 0.1) is 5.69 Å². The summed E-state index contributed by atoms with van der Waals surface area (Å²) in [6.45, 7) is 12.7. The number of nitrogens with one attached hydrogen (secondary N) is 2. The van der Waals surface area contributed by atoms with Crippen LogP contribution in [-0.2, 0) is 12.0 Å². The van der Waals surface area contributed by atoms with E-state index >= 15 is 0 Å². The number of hydrogen-bond donors (Lipinski definition) is 2. The van der Waals surface area contributed by atoms with Crippen LogP contribution in [0.4, 0.5) is 0 Å². The van der Waals surface area contributed by atoms with Crippen molar-refractivity contribution >= 4 is 0 Å². The van der Waals surface area contributed by atoms with Crippen molar-refractivity contribution in [2.45, 2.75) is 46.6 Å². The van der Waals surface area contributed by atoms with Gasteiger partial charge in [-0.1, -0.05) is 52.0 Å². The van der Waals surface area contributed by atoms with Crippen LogP contribution in [0.5, 0.6) is 0 Å². The van der Waals surface area contributed by atoms with Gasteiger partial charge >= 0.3 is 0 Å². The quantitative estimate of drug-likeness (QED) is 0.888. The van der Waals surface area contributed by atoms with Crippen LogP contribution in [0.15, 0.2) is 24.3 Å². The highest BCUT2D eigenvalue weighted by atomic mass is 15.1. The van der Waals surface area contributed by atoms with E-state index in [1.54, 1.807) is 0 Å². The molecule has 0 bridgehead atoms. The minimum Gasteiger partial charge on any atom is -0.313 e. The molecule has 108 valence electrons. The summed E-state index contributed by atoms with van der Waals surface area (Å²) < 4.78 is 0. The molecule has 2 N–H and O–H groups in total. The number of H-pyrrole nitrogens is 1. The fourth-order valence-corrected chi connectivity index (χ4v) is 2.29. The minimum absolute atomic E-state index is 0.187. The Morgan fingerprint density at radius 3 is 2.35 bits per heavy atom. The maximum Gasteiger partial charge on any atom is 0.0968 e. The third-order valence-electron chi connectivity index (χ3n) is 3.65. The molecule has 1 heterocycles. The summed E-state index contributed by atoms with van der Waals surface area (Å²) in [6, 6.07) is 8.75. The van der Waals surface area contributed by atoms with E-state index in [0.717, 1.165) is 24.5 Å². The number of hydrogen-bond acceptors (Lipinski definition) is 2. The topological polar surface area (TPSA) is 40.7 Å². The Morgan fingerprint density at radius 1 is 1.15 bits per heavy atom. The molecule has 0 aliphatic heterocycles. The Bertz CT molecular complexity index is 559. The van der Waals surface area contributed by atoms with Crippen molar-refractivity contribution in [1.82, 2.24) is 15.5 Å². The van der Waals surface area contributed by atoms with Crippen molar-refractivity contribution < 1.29 is 0 Å². The van der Waals surface area contributed by atoms with Gasteiger partial charge in [-0.15, -0.1) is 0 Å². The largest absolute Gasteiger partial charge is 0.313 e. The fraction of sp³-hybridized carbons (Fsp3) is 0.471. The Balaban J connectivity index is 2.32. The number of aromatic amines is 1. The van der Waals surface area contributed by atoms with Gasteiger partial charge in [0.25, 0.3) is 0 Å². The summed E-state index contributed by atoms with van der Waals surface area (Å²) >= 11 is 0. The molecule has 0 aliphatic carbocycles. The van der Waals surface area contributed by atoms with Crippen molar-refractivity contribution in [2.24, 2.45) is 0 Å². The van der Waals surface area contributed by atoms with E-state index in [1.165, 1.54) is 16.7 Å². The summed E-state index contributed by atoms with van der Waals surface area (Å²) in [5, 5.41) is 10.9. The van der Waals surface area contributed by atoms with Gasteiger partial charge < -0.3 is 5.32 Å². The lowest BCUT2D eigenvalue weighted by Gasteiger charge is -2.19. The summed E-state index contributed by atoms with van der Waals surface area (Å²) in [5.41, 5.74) is 6.17. The van der Waals surface area contributed by atoms with Crippen LogP contribution in [0.25, 0.3) is 11.3 Å². The van der Waals surface area contributed by atoms with Crippen LogP contribution in [0.2, 0.25) is 0 Å². The highest BCUT2D eigenvalue weighted by Crippen LogP contribution is 2.27. The van der Waals surface area contributed by atoms with Crippen LogP contribution >= 0.6 is 0 Å².